The molecule has 0 radical (unpaired) electrons. The molecule has 1 aliphatic heterocycles. The Morgan fingerprint density at radius 2 is 1.75 bits per heavy atom. The maximum atomic E-state index is 6.12. The minimum atomic E-state index is -0.389. The van der Waals surface area contributed by atoms with Crippen molar-refractivity contribution in [3.8, 4) is 0 Å². The molecule has 1 atom stereocenters. The fraction of sp³-hybridized carbons (Fsp3) is 0.556. The zero-order chi connectivity index (χ0) is 17.5. The van der Waals surface area contributed by atoms with Gasteiger partial charge in [0.25, 0.3) is 0 Å². The molecule has 5 nitrogen and oxygen atoms in total. The lowest BCUT2D eigenvalue weighted by atomic mass is 9.82. The van der Waals surface area contributed by atoms with Gasteiger partial charge in [-0.15, -0.1) is 0 Å². The molecule has 128 valence electrons. The van der Waals surface area contributed by atoms with Crippen molar-refractivity contribution in [2.75, 3.05) is 0 Å². The molecule has 1 fully saturated rings. The smallest absolute Gasteiger partial charge is 0.399 e. The first-order chi connectivity index (χ1) is 11.2. The first-order valence-electron chi connectivity index (χ1n) is 8.52. The van der Waals surface area contributed by atoms with Crippen molar-refractivity contribution < 1.29 is 9.31 Å². The number of hydrogen-bond acceptors (Lipinski definition) is 4. The maximum absolute atomic E-state index is 6.12. The molecule has 0 saturated carbocycles. The minimum absolute atomic E-state index is 0.0855. The molecule has 0 bridgehead atoms. The van der Waals surface area contributed by atoms with E-state index in [2.05, 4.69) is 51.6 Å². The lowest BCUT2D eigenvalue weighted by Gasteiger charge is -2.32. The van der Waals surface area contributed by atoms with Crippen LogP contribution in [0.5, 0.6) is 0 Å². The molecular weight excluding hydrogens is 301 g/mol. The zero-order valence-corrected chi connectivity index (χ0v) is 15.4. The van der Waals surface area contributed by atoms with Crippen molar-refractivity contribution in [3.63, 3.8) is 0 Å². The summed E-state index contributed by atoms with van der Waals surface area (Å²) in [5, 5.41) is 4.57. The lowest BCUT2D eigenvalue weighted by Crippen LogP contribution is -2.41. The Morgan fingerprint density at radius 1 is 1.08 bits per heavy atom. The number of aromatic nitrogens is 3. The van der Waals surface area contributed by atoms with E-state index in [1.165, 1.54) is 0 Å². The van der Waals surface area contributed by atoms with Crippen LogP contribution < -0.4 is 5.46 Å². The van der Waals surface area contributed by atoms with Crippen molar-refractivity contribution in [3.05, 3.63) is 42.5 Å². The standard InChI is InChI=1S/C18H26BN3O2/c1-13(2)16(15-9-7-8-10-20-15)22-12-14(11-21-22)19-23-17(3,4)18(5,6)24-19/h7-13,16H,1-6H3. The molecule has 0 spiro atoms. The minimum Gasteiger partial charge on any atom is -0.399 e. The zero-order valence-electron chi connectivity index (χ0n) is 15.4. The topological polar surface area (TPSA) is 49.2 Å². The summed E-state index contributed by atoms with van der Waals surface area (Å²) in [7, 11) is -0.389. The van der Waals surface area contributed by atoms with Gasteiger partial charge in [-0.1, -0.05) is 19.9 Å². The molecule has 1 saturated heterocycles. The fourth-order valence-corrected chi connectivity index (χ4v) is 2.94. The van der Waals surface area contributed by atoms with Crippen LogP contribution in [0.1, 0.15) is 53.3 Å². The number of pyridine rings is 1. The normalized spacial score (nSPS) is 20.5. The third-order valence-electron chi connectivity index (χ3n) is 5.05. The van der Waals surface area contributed by atoms with E-state index < -0.39 is 0 Å². The monoisotopic (exact) mass is 327 g/mol. The van der Waals surface area contributed by atoms with Crippen LogP contribution in [0.2, 0.25) is 0 Å². The van der Waals surface area contributed by atoms with E-state index in [0.29, 0.717) is 5.92 Å². The predicted octanol–water partition coefficient (Wildman–Crippen LogP) is 2.82. The van der Waals surface area contributed by atoms with Gasteiger partial charge in [0, 0.05) is 24.1 Å². The molecule has 0 N–H and O–H groups in total. The van der Waals surface area contributed by atoms with Crippen LogP contribution >= 0.6 is 0 Å². The van der Waals surface area contributed by atoms with Crippen LogP contribution in [0.15, 0.2) is 36.8 Å². The van der Waals surface area contributed by atoms with Crippen molar-refractivity contribution in [1.82, 2.24) is 14.8 Å². The third-order valence-corrected chi connectivity index (χ3v) is 5.05. The van der Waals surface area contributed by atoms with E-state index in [1.54, 1.807) is 0 Å². The van der Waals surface area contributed by atoms with Crippen molar-refractivity contribution in [2.24, 2.45) is 5.92 Å². The van der Waals surface area contributed by atoms with Gasteiger partial charge in [0.2, 0.25) is 0 Å². The van der Waals surface area contributed by atoms with E-state index in [0.717, 1.165) is 11.2 Å². The number of hydrogen-bond donors (Lipinski definition) is 0. The average Bonchev–Trinajstić information content (AvgIpc) is 3.03. The van der Waals surface area contributed by atoms with Crippen molar-refractivity contribution in [2.45, 2.75) is 58.8 Å². The number of rotatable bonds is 4. The Hall–Kier alpha value is -1.66. The number of nitrogens with zero attached hydrogens (tertiary/aromatic N) is 3. The second-order valence-corrected chi connectivity index (χ2v) is 7.79. The van der Waals surface area contributed by atoms with E-state index in [1.807, 2.05) is 41.5 Å². The van der Waals surface area contributed by atoms with Gasteiger partial charge in [0.15, 0.2) is 0 Å². The highest BCUT2D eigenvalue weighted by Crippen LogP contribution is 2.36. The highest BCUT2D eigenvalue weighted by Gasteiger charge is 2.52. The van der Waals surface area contributed by atoms with E-state index in [9.17, 15) is 0 Å². The highest BCUT2D eigenvalue weighted by atomic mass is 16.7. The second-order valence-electron chi connectivity index (χ2n) is 7.79. The van der Waals surface area contributed by atoms with Crippen LogP contribution in [0.25, 0.3) is 0 Å². The van der Waals surface area contributed by atoms with Gasteiger partial charge in [-0.25, -0.2) is 0 Å². The predicted molar refractivity (Wildman–Crippen MR) is 95.2 cm³/mol. The SMILES string of the molecule is CC(C)C(c1ccccn1)n1cc(B2OC(C)(C)C(C)(C)O2)cn1. The summed E-state index contributed by atoms with van der Waals surface area (Å²) in [5.41, 5.74) is 1.25. The molecule has 24 heavy (non-hydrogen) atoms. The van der Waals surface area contributed by atoms with Gasteiger partial charge in [0.05, 0.1) is 22.9 Å². The molecule has 3 rings (SSSR count). The third kappa shape index (κ3) is 3.00. The molecule has 6 heteroatoms. The van der Waals surface area contributed by atoms with E-state index >= 15 is 0 Å². The van der Waals surface area contributed by atoms with Gasteiger partial charge >= 0.3 is 7.12 Å². The summed E-state index contributed by atoms with van der Waals surface area (Å²) in [6, 6.07) is 6.07. The molecule has 3 heterocycles. The summed E-state index contributed by atoms with van der Waals surface area (Å²) in [6.45, 7) is 12.6. The lowest BCUT2D eigenvalue weighted by molar-refractivity contribution is 0.00578. The molecule has 1 aliphatic rings. The largest absolute Gasteiger partial charge is 0.498 e. The molecule has 1 unspecified atom stereocenters. The molecule has 0 aromatic carbocycles. The van der Waals surface area contributed by atoms with Crippen LogP contribution in [-0.4, -0.2) is 33.1 Å². The summed E-state index contributed by atoms with van der Waals surface area (Å²) < 4.78 is 14.2. The second kappa shape index (κ2) is 6.01. The Kier molecular flexibility index (Phi) is 4.30. The quantitative estimate of drug-likeness (QED) is 0.810. The van der Waals surface area contributed by atoms with Crippen LogP contribution in [0.4, 0.5) is 0 Å². The molecular formula is C18H26BN3O2. The molecule has 2 aromatic rings. The van der Waals surface area contributed by atoms with Gasteiger partial charge in [-0.2, -0.15) is 5.10 Å². The summed E-state index contributed by atoms with van der Waals surface area (Å²) in [4.78, 5) is 4.51. The Balaban J connectivity index is 1.88. The summed E-state index contributed by atoms with van der Waals surface area (Å²) in [5.74, 6) is 0.367. The fourth-order valence-electron chi connectivity index (χ4n) is 2.94. The average molecular weight is 327 g/mol. The molecule has 0 aliphatic carbocycles. The first-order valence-corrected chi connectivity index (χ1v) is 8.52. The molecule has 0 amide bonds. The van der Waals surface area contributed by atoms with Gasteiger partial charge < -0.3 is 9.31 Å². The van der Waals surface area contributed by atoms with Crippen LogP contribution in [-0.2, 0) is 9.31 Å². The summed E-state index contributed by atoms with van der Waals surface area (Å²) in [6.07, 6.45) is 5.67. The van der Waals surface area contributed by atoms with Crippen molar-refractivity contribution in [1.29, 1.82) is 0 Å². The maximum Gasteiger partial charge on any atom is 0.498 e. The van der Waals surface area contributed by atoms with Crippen molar-refractivity contribution >= 4 is 12.6 Å². The van der Waals surface area contributed by atoms with Gasteiger partial charge in [-0.05, 0) is 45.7 Å². The van der Waals surface area contributed by atoms with Gasteiger partial charge in [0.1, 0.15) is 0 Å². The molecule has 2 aromatic heterocycles. The van der Waals surface area contributed by atoms with Crippen LogP contribution in [0, 0.1) is 5.92 Å². The summed E-state index contributed by atoms with van der Waals surface area (Å²) >= 11 is 0. The Bertz CT molecular complexity index is 681. The van der Waals surface area contributed by atoms with E-state index in [-0.39, 0.29) is 24.4 Å². The Morgan fingerprint density at radius 3 is 2.29 bits per heavy atom. The van der Waals surface area contributed by atoms with Gasteiger partial charge in [-0.3, -0.25) is 9.67 Å². The van der Waals surface area contributed by atoms with E-state index in [4.69, 9.17) is 9.31 Å². The van der Waals surface area contributed by atoms with Crippen LogP contribution in [0.3, 0.4) is 0 Å². The first kappa shape index (κ1) is 17.2. The highest BCUT2D eigenvalue weighted by molar-refractivity contribution is 6.62. The Labute approximate surface area is 144 Å².